The number of carboxylic acids is 1. The Hall–Kier alpha value is -1.91. The number of hydrogen-bond donors (Lipinski definition) is 1. The van der Waals surface area contributed by atoms with Crippen LogP contribution in [0.25, 0.3) is 0 Å². The van der Waals surface area contributed by atoms with Gasteiger partial charge in [-0.15, -0.1) is 0 Å². The second kappa shape index (κ2) is 5.84. The summed E-state index contributed by atoms with van der Waals surface area (Å²) in [7, 11) is 0. The Morgan fingerprint density at radius 1 is 1.33 bits per heavy atom. The van der Waals surface area contributed by atoms with Crippen molar-refractivity contribution in [2.45, 2.75) is 40.0 Å². The largest absolute Gasteiger partial charge is 0.478 e. The van der Waals surface area contributed by atoms with Crippen LogP contribution in [0.3, 0.4) is 0 Å². The average Bonchev–Trinajstić information content (AvgIpc) is 2.91. The Labute approximate surface area is 125 Å². The fourth-order valence-corrected chi connectivity index (χ4v) is 3.00. The van der Waals surface area contributed by atoms with E-state index in [0.717, 1.165) is 32.4 Å². The molecule has 5 heteroatoms. The Kier molecular flexibility index (Phi) is 4.30. The molecule has 2 rings (SSSR count). The summed E-state index contributed by atoms with van der Waals surface area (Å²) in [4.78, 5) is 29.5. The van der Waals surface area contributed by atoms with Crippen LogP contribution < -0.4 is 0 Å². The number of hydrogen-bond acceptors (Lipinski definition) is 3. The van der Waals surface area contributed by atoms with Crippen LogP contribution in [0.4, 0.5) is 0 Å². The number of carbonyl (C=O) groups is 2. The number of pyridine rings is 1. The molecule has 1 fully saturated rings. The molecule has 0 radical (unpaired) electrons. The van der Waals surface area contributed by atoms with Gasteiger partial charge in [0.1, 0.15) is 5.69 Å². The lowest BCUT2D eigenvalue weighted by Crippen LogP contribution is -2.32. The predicted molar refractivity (Wildman–Crippen MR) is 79.5 cm³/mol. The van der Waals surface area contributed by atoms with Gasteiger partial charge in [0.15, 0.2) is 0 Å². The number of rotatable bonds is 4. The summed E-state index contributed by atoms with van der Waals surface area (Å²) in [5.41, 5.74) is 1.08. The molecule has 1 aromatic rings. The SMILES string of the molecule is CCC1(CC)CCN(C(=O)c2ccc(C(=O)O)c(C)n2)C1. The lowest BCUT2D eigenvalue weighted by Gasteiger charge is -2.26. The van der Waals surface area contributed by atoms with E-state index in [0.29, 0.717) is 11.4 Å². The minimum atomic E-state index is -1.02. The van der Waals surface area contributed by atoms with Gasteiger partial charge >= 0.3 is 5.97 Å². The molecule has 21 heavy (non-hydrogen) atoms. The lowest BCUT2D eigenvalue weighted by molar-refractivity contribution is 0.0692. The number of carbonyl (C=O) groups excluding carboxylic acids is 1. The molecule has 1 saturated heterocycles. The van der Waals surface area contributed by atoms with Crippen LogP contribution in [-0.2, 0) is 0 Å². The van der Waals surface area contributed by atoms with E-state index >= 15 is 0 Å². The molecule has 0 bridgehead atoms. The predicted octanol–water partition coefficient (Wildman–Crippen LogP) is 2.74. The maximum Gasteiger partial charge on any atom is 0.337 e. The van der Waals surface area contributed by atoms with E-state index in [2.05, 4.69) is 18.8 Å². The molecular weight excluding hydrogens is 268 g/mol. The second-order valence-electron chi connectivity index (χ2n) is 5.82. The van der Waals surface area contributed by atoms with Crippen molar-refractivity contribution < 1.29 is 14.7 Å². The molecule has 0 unspecified atom stereocenters. The summed E-state index contributed by atoms with van der Waals surface area (Å²) in [6, 6.07) is 2.97. The van der Waals surface area contributed by atoms with Crippen molar-refractivity contribution in [3.63, 3.8) is 0 Å². The van der Waals surface area contributed by atoms with Crippen molar-refractivity contribution in [3.05, 3.63) is 29.1 Å². The fourth-order valence-electron chi connectivity index (χ4n) is 3.00. The van der Waals surface area contributed by atoms with Crippen molar-refractivity contribution in [3.8, 4) is 0 Å². The minimum absolute atomic E-state index is 0.0983. The zero-order valence-corrected chi connectivity index (χ0v) is 12.8. The van der Waals surface area contributed by atoms with E-state index in [9.17, 15) is 9.59 Å². The van der Waals surface area contributed by atoms with Gasteiger partial charge in [-0.25, -0.2) is 9.78 Å². The molecule has 0 aromatic carbocycles. The van der Waals surface area contributed by atoms with Crippen molar-refractivity contribution in [2.75, 3.05) is 13.1 Å². The van der Waals surface area contributed by atoms with Crippen LogP contribution in [0.15, 0.2) is 12.1 Å². The molecular formula is C16H22N2O3. The number of amides is 1. The molecule has 0 aliphatic carbocycles. The quantitative estimate of drug-likeness (QED) is 0.925. The maximum atomic E-state index is 12.5. The maximum absolute atomic E-state index is 12.5. The lowest BCUT2D eigenvalue weighted by atomic mass is 9.82. The summed E-state index contributed by atoms with van der Waals surface area (Å²) in [6.07, 6.45) is 3.16. The van der Waals surface area contributed by atoms with Crippen LogP contribution in [0, 0.1) is 12.3 Å². The van der Waals surface area contributed by atoms with Gasteiger partial charge in [-0.05, 0) is 43.7 Å². The first-order valence-electron chi connectivity index (χ1n) is 7.42. The van der Waals surface area contributed by atoms with Gasteiger partial charge in [0, 0.05) is 13.1 Å². The molecule has 1 aromatic heterocycles. The Bertz CT molecular complexity index is 565. The molecule has 0 atom stereocenters. The number of carboxylic acid groups (broad SMARTS) is 1. The number of aromatic nitrogens is 1. The molecule has 2 heterocycles. The van der Waals surface area contributed by atoms with Crippen molar-refractivity contribution in [1.82, 2.24) is 9.88 Å². The van der Waals surface area contributed by atoms with Crippen LogP contribution in [0.1, 0.15) is 59.7 Å². The molecule has 1 amide bonds. The fraction of sp³-hybridized carbons (Fsp3) is 0.562. The normalized spacial score (nSPS) is 17.0. The van der Waals surface area contributed by atoms with Gasteiger partial charge in [-0.1, -0.05) is 13.8 Å². The zero-order valence-electron chi connectivity index (χ0n) is 12.8. The summed E-state index contributed by atoms with van der Waals surface area (Å²) in [6.45, 7) is 7.47. The van der Waals surface area contributed by atoms with E-state index in [1.807, 2.05) is 4.90 Å². The third kappa shape index (κ3) is 2.91. The van der Waals surface area contributed by atoms with Crippen LogP contribution in [-0.4, -0.2) is 40.0 Å². The third-order valence-electron chi connectivity index (χ3n) is 4.76. The van der Waals surface area contributed by atoms with Gasteiger partial charge in [-0.2, -0.15) is 0 Å². The summed E-state index contributed by atoms with van der Waals surface area (Å²) in [5, 5.41) is 9.00. The van der Waals surface area contributed by atoms with E-state index in [1.54, 1.807) is 6.92 Å². The molecule has 0 saturated carbocycles. The third-order valence-corrected chi connectivity index (χ3v) is 4.76. The summed E-state index contributed by atoms with van der Waals surface area (Å²) >= 11 is 0. The molecule has 114 valence electrons. The first kappa shape index (κ1) is 15.5. The monoisotopic (exact) mass is 290 g/mol. The molecule has 1 N–H and O–H groups in total. The highest BCUT2D eigenvalue weighted by Gasteiger charge is 2.37. The first-order chi connectivity index (χ1) is 9.92. The zero-order chi connectivity index (χ0) is 15.6. The van der Waals surface area contributed by atoms with Crippen LogP contribution in [0.2, 0.25) is 0 Å². The van der Waals surface area contributed by atoms with E-state index in [1.165, 1.54) is 12.1 Å². The Morgan fingerprint density at radius 3 is 2.48 bits per heavy atom. The van der Waals surface area contributed by atoms with Gasteiger partial charge < -0.3 is 10.0 Å². The van der Waals surface area contributed by atoms with E-state index < -0.39 is 5.97 Å². The smallest absolute Gasteiger partial charge is 0.337 e. The van der Waals surface area contributed by atoms with Crippen molar-refractivity contribution in [2.24, 2.45) is 5.41 Å². The van der Waals surface area contributed by atoms with Gasteiger partial charge in [0.05, 0.1) is 11.3 Å². The topological polar surface area (TPSA) is 70.5 Å². The molecule has 1 aliphatic rings. The standard InChI is InChI=1S/C16H22N2O3/c1-4-16(5-2)8-9-18(10-16)14(19)13-7-6-12(15(20)21)11(3)17-13/h6-7H,4-5,8-10H2,1-3H3,(H,20,21). The van der Waals surface area contributed by atoms with Gasteiger partial charge in [0.2, 0.25) is 0 Å². The summed E-state index contributed by atoms with van der Waals surface area (Å²) in [5.74, 6) is -1.12. The first-order valence-corrected chi connectivity index (χ1v) is 7.42. The minimum Gasteiger partial charge on any atom is -0.478 e. The molecule has 0 spiro atoms. The van der Waals surface area contributed by atoms with E-state index in [4.69, 9.17) is 5.11 Å². The summed E-state index contributed by atoms with van der Waals surface area (Å²) < 4.78 is 0. The number of nitrogens with zero attached hydrogens (tertiary/aromatic N) is 2. The highest BCUT2D eigenvalue weighted by Crippen LogP contribution is 2.37. The highest BCUT2D eigenvalue weighted by atomic mass is 16.4. The van der Waals surface area contributed by atoms with Gasteiger partial charge in [0.25, 0.3) is 5.91 Å². The molecule has 1 aliphatic heterocycles. The second-order valence-corrected chi connectivity index (χ2v) is 5.82. The highest BCUT2D eigenvalue weighted by molar-refractivity contribution is 5.94. The van der Waals surface area contributed by atoms with E-state index in [-0.39, 0.29) is 16.9 Å². The van der Waals surface area contributed by atoms with Crippen molar-refractivity contribution >= 4 is 11.9 Å². The van der Waals surface area contributed by atoms with Crippen molar-refractivity contribution in [1.29, 1.82) is 0 Å². The molecule has 5 nitrogen and oxygen atoms in total. The average molecular weight is 290 g/mol. The number of aromatic carboxylic acids is 1. The number of aryl methyl sites for hydroxylation is 1. The number of likely N-dealkylation sites (tertiary alicyclic amines) is 1. The van der Waals surface area contributed by atoms with Crippen LogP contribution >= 0.6 is 0 Å². The Balaban J connectivity index is 2.18. The van der Waals surface area contributed by atoms with Gasteiger partial charge in [-0.3, -0.25) is 4.79 Å². The Morgan fingerprint density at radius 2 is 2.00 bits per heavy atom. The van der Waals surface area contributed by atoms with Crippen LogP contribution in [0.5, 0.6) is 0 Å².